The van der Waals surface area contributed by atoms with Crippen LogP contribution in [0.5, 0.6) is 0 Å². The van der Waals surface area contributed by atoms with E-state index in [1.54, 1.807) is 11.3 Å². The highest BCUT2D eigenvalue weighted by Gasteiger charge is 2.18. The maximum atomic E-state index is 5.47. The van der Waals surface area contributed by atoms with Crippen molar-refractivity contribution < 1.29 is 4.74 Å². The van der Waals surface area contributed by atoms with Crippen molar-refractivity contribution in [1.82, 2.24) is 34.4 Å². The number of hydrogen-bond donors (Lipinski definition) is 1. The molecule has 0 aliphatic carbocycles. The van der Waals surface area contributed by atoms with Gasteiger partial charge in [0, 0.05) is 29.4 Å². The van der Waals surface area contributed by atoms with Crippen LogP contribution in [0.15, 0.2) is 6.07 Å². The maximum Gasteiger partial charge on any atom is 0.255 e. The molecule has 4 aromatic heterocycles. The molecule has 0 spiro atoms. The lowest BCUT2D eigenvalue weighted by Gasteiger charge is -2.25. The SMILES string of the molecule is Cc1cc(C)n2c(CNc3nc(CN4CCOCC4)nc4sc(C)c(C)c34)nnc2n1. The van der Waals surface area contributed by atoms with Crippen LogP contribution in [0.1, 0.15) is 33.5 Å². The topological polar surface area (TPSA) is 93.4 Å². The van der Waals surface area contributed by atoms with Crippen molar-refractivity contribution in [2.45, 2.75) is 40.8 Å². The first-order valence-corrected chi connectivity index (χ1v) is 11.3. The average Bonchev–Trinajstić information content (AvgIpc) is 3.27. The van der Waals surface area contributed by atoms with Gasteiger partial charge in [-0.25, -0.2) is 15.0 Å². The van der Waals surface area contributed by atoms with Gasteiger partial charge in [-0.05, 0) is 39.3 Å². The molecule has 5 rings (SSSR count). The predicted molar refractivity (Wildman–Crippen MR) is 121 cm³/mol. The highest BCUT2D eigenvalue weighted by molar-refractivity contribution is 7.18. The minimum atomic E-state index is 0.504. The molecule has 0 atom stereocenters. The smallest absolute Gasteiger partial charge is 0.255 e. The Kier molecular flexibility index (Phi) is 5.28. The van der Waals surface area contributed by atoms with E-state index in [0.717, 1.165) is 71.9 Å². The van der Waals surface area contributed by atoms with Gasteiger partial charge in [-0.1, -0.05) is 0 Å². The predicted octanol–water partition coefficient (Wildman–Crippen LogP) is 2.81. The lowest BCUT2D eigenvalue weighted by atomic mass is 10.2. The molecule has 1 fully saturated rings. The summed E-state index contributed by atoms with van der Waals surface area (Å²) in [5, 5.41) is 13.2. The lowest BCUT2D eigenvalue weighted by Crippen LogP contribution is -2.36. The van der Waals surface area contributed by atoms with E-state index in [9.17, 15) is 0 Å². The highest BCUT2D eigenvalue weighted by atomic mass is 32.1. The van der Waals surface area contributed by atoms with Gasteiger partial charge in [0.1, 0.15) is 16.5 Å². The number of aryl methyl sites for hydroxylation is 4. The first kappa shape index (κ1) is 20.2. The summed E-state index contributed by atoms with van der Waals surface area (Å²) in [7, 11) is 0. The van der Waals surface area contributed by atoms with Crippen LogP contribution in [0, 0.1) is 27.7 Å². The number of morpholine rings is 1. The molecule has 5 heterocycles. The van der Waals surface area contributed by atoms with Crippen LogP contribution in [0.2, 0.25) is 0 Å². The third kappa shape index (κ3) is 3.86. The molecular weight excluding hydrogens is 412 g/mol. The molecule has 1 saturated heterocycles. The van der Waals surface area contributed by atoms with E-state index in [1.807, 2.05) is 24.3 Å². The Morgan fingerprint density at radius 2 is 1.87 bits per heavy atom. The Morgan fingerprint density at radius 1 is 1.06 bits per heavy atom. The summed E-state index contributed by atoms with van der Waals surface area (Å²) >= 11 is 1.72. The monoisotopic (exact) mass is 438 g/mol. The highest BCUT2D eigenvalue weighted by Crippen LogP contribution is 2.33. The number of nitrogens with zero attached hydrogens (tertiary/aromatic N) is 7. The van der Waals surface area contributed by atoms with Crippen LogP contribution >= 0.6 is 11.3 Å². The fourth-order valence-electron chi connectivity index (χ4n) is 4.03. The van der Waals surface area contributed by atoms with Crippen molar-refractivity contribution >= 4 is 33.1 Å². The van der Waals surface area contributed by atoms with E-state index in [-0.39, 0.29) is 0 Å². The summed E-state index contributed by atoms with van der Waals surface area (Å²) in [4.78, 5) is 18.9. The van der Waals surface area contributed by atoms with Crippen LogP contribution in [-0.2, 0) is 17.8 Å². The first-order chi connectivity index (χ1) is 15.0. The quantitative estimate of drug-likeness (QED) is 0.508. The number of nitrogens with one attached hydrogen (secondary N) is 1. The van der Waals surface area contributed by atoms with Crippen LogP contribution < -0.4 is 5.32 Å². The Labute approximate surface area is 184 Å². The molecule has 9 nitrogen and oxygen atoms in total. The fraction of sp³-hybridized carbons (Fsp3) is 0.476. The third-order valence-corrected chi connectivity index (χ3v) is 6.82. The third-order valence-electron chi connectivity index (χ3n) is 5.72. The number of hydrogen-bond acceptors (Lipinski definition) is 9. The molecule has 0 aromatic carbocycles. The number of aromatic nitrogens is 6. The van der Waals surface area contributed by atoms with Gasteiger partial charge < -0.3 is 10.1 Å². The van der Waals surface area contributed by atoms with Crippen molar-refractivity contribution in [1.29, 1.82) is 0 Å². The van der Waals surface area contributed by atoms with Gasteiger partial charge in [-0.2, -0.15) is 0 Å². The number of thiophene rings is 1. The van der Waals surface area contributed by atoms with E-state index in [0.29, 0.717) is 12.3 Å². The van der Waals surface area contributed by atoms with Gasteiger partial charge >= 0.3 is 0 Å². The van der Waals surface area contributed by atoms with Crippen LogP contribution in [0.3, 0.4) is 0 Å². The van der Waals surface area contributed by atoms with Crippen LogP contribution in [0.25, 0.3) is 16.0 Å². The molecule has 1 aliphatic heterocycles. The van der Waals surface area contributed by atoms with E-state index in [4.69, 9.17) is 14.7 Å². The van der Waals surface area contributed by atoms with E-state index in [2.05, 4.69) is 39.2 Å². The zero-order valence-corrected chi connectivity index (χ0v) is 19.1. The summed E-state index contributed by atoms with van der Waals surface area (Å²) in [5.74, 6) is 3.12. The van der Waals surface area contributed by atoms with Crippen molar-refractivity contribution in [3.05, 3.63) is 39.5 Å². The first-order valence-electron chi connectivity index (χ1n) is 10.5. The maximum absolute atomic E-state index is 5.47. The van der Waals surface area contributed by atoms with E-state index in [1.165, 1.54) is 10.4 Å². The van der Waals surface area contributed by atoms with Gasteiger partial charge in [-0.3, -0.25) is 9.30 Å². The molecule has 10 heteroatoms. The Morgan fingerprint density at radius 3 is 2.68 bits per heavy atom. The average molecular weight is 439 g/mol. The molecule has 0 bridgehead atoms. The Hall–Kier alpha value is -2.69. The Bertz CT molecular complexity index is 1260. The molecule has 4 aromatic rings. The Balaban J connectivity index is 1.48. The van der Waals surface area contributed by atoms with Gasteiger partial charge in [0.2, 0.25) is 0 Å². The largest absolute Gasteiger partial charge is 0.379 e. The van der Waals surface area contributed by atoms with Crippen LogP contribution in [0.4, 0.5) is 5.82 Å². The second-order valence-corrected chi connectivity index (χ2v) is 9.19. The summed E-state index contributed by atoms with van der Waals surface area (Å²) in [6.45, 7) is 12.8. The number of rotatable bonds is 5. The second kappa shape index (κ2) is 8.10. The standard InChI is InChI=1S/C21H26N8OS/c1-12-9-13(2)29-17(26-27-21(29)23-12)10-22-19-18-14(3)15(4)31-20(18)25-16(24-19)11-28-5-7-30-8-6-28/h9H,5-8,10-11H2,1-4H3,(H,22,24,25). The fourth-order valence-corrected chi connectivity index (χ4v) is 5.07. The number of anilines is 1. The summed E-state index contributed by atoms with van der Waals surface area (Å²) in [6.07, 6.45) is 0. The van der Waals surface area contributed by atoms with E-state index < -0.39 is 0 Å². The molecular formula is C21H26N8OS. The van der Waals surface area contributed by atoms with Crippen molar-refractivity contribution in [2.24, 2.45) is 0 Å². The lowest BCUT2D eigenvalue weighted by molar-refractivity contribution is 0.0331. The number of fused-ring (bicyclic) bond motifs is 2. The summed E-state index contributed by atoms with van der Waals surface area (Å²) < 4.78 is 7.45. The minimum Gasteiger partial charge on any atom is -0.379 e. The molecule has 162 valence electrons. The zero-order chi connectivity index (χ0) is 21.5. The summed E-state index contributed by atoms with van der Waals surface area (Å²) in [5.41, 5.74) is 3.22. The molecule has 0 amide bonds. The van der Waals surface area contributed by atoms with Gasteiger partial charge in [0.05, 0.1) is 31.7 Å². The molecule has 1 N–H and O–H groups in total. The molecule has 1 aliphatic rings. The van der Waals surface area contributed by atoms with Crippen molar-refractivity contribution in [3.8, 4) is 0 Å². The second-order valence-electron chi connectivity index (χ2n) is 7.98. The van der Waals surface area contributed by atoms with Gasteiger partial charge in [-0.15, -0.1) is 21.5 Å². The van der Waals surface area contributed by atoms with E-state index >= 15 is 0 Å². The van der Waals surface area contributed by atoms with Crippen LogP contribution in [-0.4, -0.2) is 60.8 Å². The van der Waals surface area contributed by atoms with Crippen molar-refractivity contribution in [2.75, 3.05) is 31.6 Å². The molecule has 31 heavy (non-hydrogen) atoms. The minimum absolute atomic E-state index is 0.504. The zero-order valence-electron chi connectivity index (χ0n) is 18.3. The van der Waals surface area contributed by atoms with Gasteiger partial charge in [0.25, 0.3) is 5.78 Å². The number of ether oxygens (including phenoxy) is 1. The normalized spacial score (nSPS) is 15.2. The molecule has 0 radical (unpaired) electrons. The molecule has 0 unspecified atom stereocenters. The summed E-state index contributed by atoms with van der Waals surface area (Å²) in [6, 6.07) is 2.04. The molecule has 0 saturated carbocycles. The van der Waals surface area contributed by atoms with Crippen molar-refractivity contribution in [3.63, 3.8) is 0 Å². The van der Waals surface area contributed by atoms with Gasteiger partial charge in [0.15, 0.2) is 5.82 Å².